The minimum Gasteiger partial charge on any atom is -0.465 e. The molecule has 0 amide bonds. The van der Waals surface area contributed by atoms with Crippen LogP contribution in [-0.2, 0) is 22.6 Å². The van der Waals surface area contributed by atoms with Crippen molar-refractivity contribution >= 4 is 57.9 Å². The van der Waals surface area contributed by atoms with Crippen LogP contribution in [0.25, 0.3) is 16.7 Å². The number of rotatable bonds is 3. The molecular weight excluding hydrogens is 675 g/mol. The van der Waals surface area contributed by atoms with Crippen LogP contribution < -0.4 is 16.4 Å². The number of carbonyl (C=O) groups excluding carboxylic acids is 1. The summed E-state index contributed by atoms with van der Waals surface area (Å²) in [5, 5.41) is 1.10. The number of nitrogens with zero attached hydrogens (tertiary/aromatic N) is 2. The first-order valence-corrected chi connectivity index (χ1v) is 15.9. The lowest BCUT2D eigenvalue weighted by atomic mass is 10.0. The topological polar surface area (TPSA) is 77.3 Å². The molecule has 5 rings (SSSR count). The molecule has 0 radical (unpaired) electrons. The molecule has 1 fully saturated rings. The van der Waals surface area contributed by atoms with Gasteiger partial charge in [0.05, 0.1) is 17.2 Å². The first-order chi connectivity index (χ1) is 21.4. The Morgan fingerprint density at radius 1 is 0.778 bits per heavy atom. The molecular formula is C31H35Cl4F3N4O3. The Hall–Kier alpha value is -2.47. The molecule has 3 heterocycles. The Balaban J connectivity index is 0.000000206. The molecule has 246 valence electrons. The summed E-state index contributed by atoms with van der Waals surface area (Å²) in [5.41, 5.74) is 6.68. The quantitative estimate of drug-likeness (QED) is 0.211. The summed E-state index contributed by atoms with van der Waals surface area (Å²) in [4.78, 5) is 23.8. The number of fused-ring (bicyclic) bond motifs is 1. The van der Waals surface area contributed by atoms with Crippen LogP contribution in [0.5, 0.6) is 0 Å². The van der Waals surface area contributed by atoms with Gasteiger partial charge in [-0.1, -0.05) is 52.8 Å². The first kappa shape index (κ1) is 37.0. The molecule has 0 saturated carbocycles. The van der Waals surface area contributed by atoms with Gasteiger partial charge in [0.2, 0.25) is 5.95 Å². The molecule has 0 aliphatic carbocycles. The second-order valence-corrected chi connectivity index (χ2v) is 12.1. The van der Waals surface area contributed by atoms with Crippen LogP contribution in [0.4, 0.5) is 13.2 Å². The number of hydrogen-bond acceptors (Lipinski definition) is 5. The van der Waals surface area contributed by atoms with E-state index >= 15 is 0 Å². The maximum atomic E-state index is 14.7. The molecule has 45 heavy (non-hydrogen) atoms. The van der Waals surface area contributed by atoms with Crippen molar-refractivity contribution in [3.63, 3.8) is 0 Å². The van der Waals surface area contributed by atoms with Crippen LogP contribution in [0.2, 0.25) is 20.1 Å². The summed E-state index contributed by atoms with van der Waals surface area (Å²) in [5.74, 6) is -1.65. The van der Waals surface area contributed by atoms with Crippen molar-refractivity contribution in [2.24, 2.45) is 0 Å². The zero-order chi connectivity index (χ0) is 33.3. The van der Waals surface area contributed by atoms with Gasteiger partial charge in [-0.15, -0.1) is 0 Å². The van der Waals surface area contributed by atoms with Gasteiger partial charge in [-0.2, -0.15) is 13.2 Å². The average molecular weight is 710 g/mol. The molecule has 1 saturated heterocycles. The normalized spacial score (nSPS) is 14.4. The van der Waals surface area contributed by atoms with E-state index in [9.17, 15) is 22.8 Å². The second kappa shape index (κ2) is 17.4. The van der Waals surface area contributed by atoms with Crippen molar-refractivity contribution in [2.75, 3.05) is 20.2 Å². The molecule has 0 spiro atoms. The first-order valence-electron chi connectivity index (χ1n) is 14.4. The zero-order valence-electron chi connectivity index (χ0n) is 25.1. The van der Waals surface area contributed by atoms with Gasteiger partial charge in [0.25, 0.3) is 11.6 Å². The molecule has 0 bridgehead atoms. The molecule has 7 nitrogen and oxygen atoms in total. The summed E-state index contributed by atoms with van der Waals surface area (Å²) in [6, 6.07) is 5.85. The van der Waals surface area contributed by atoms with Gasteiger partial charge >= 0.3 is 5.97 Å². The fraction of sp³-hybridized carbons (Fsp3) is 0.419. The highest BCUT2D eigenvalue weighted by molar-refractivity contribution is 6.38. The predicted molar refractivity (Wildman–Crippen MR) is 175 cm³/mol. The van der Waals surface area contributed by atoms with E-state index in [1.807, 2.05) is 0 Å². The van der Waals surface area contributed by atoms with E-state index in [-0.39, 0.29) is 21.7 Å². The average Bonchev–Trinajstić information content (AvgIpc) is 3.33. The number of methoxy groups -OCH3 is 1. The summed E-state index contributed by atoms with van der Waals surface area (Å²) in [6.07, 6.45) is 4.64. The third-order valence-electron chi connectivity index (χ3n) is 7.25. The number of benzene rings is 2. The largest absolute Gasteiger partial charge is 0.465 e. The lowest BCUT2D eigenvalue weighted by molar-refractivity contribution is -0.133. The van der Waals surface area contributed by atoms with Crippen LogP contribution >= 0.6 is 46.4 Å². The van der Waals surface area contributed by atoms with E-state index in [2.05, 4.69) is 15.6 Å². The van der Waals surface area contributed by atoms with Crippen molar-refractivity contribution in [1.29, 1.82) is 0 Å². The number of halogens is 7. The van der Waals surface area contributed by atoms with Crippen molar-refractivity contribution in [3.05, 3.63) is 83.4 Å². The summed E-state index contributed by atoms with van der Waals surface area (Å²) in [6.45, 7) is 6.76. The highest BCUT2D eigenvalue weighted by Gasteiger charge is 2.25. The lowest BCUT2D eigenvalue weighted by Crippen LogP contribution is -2.30. The van der Waals surface area contributed by atoms with Crippen molar-refractivity contribution in [2.45, 2.75) is 65.5 Å². The molecule has 14 heteroatoms. The number of hydrazine groups is 1. The van der Waals surface area contributed by atoms with E-state index in [0.29, 0.717) is 39.3 Å². The zero-order valence-corrected chi connectivity index (χ0v) is 28.2. The van der Waals surface area contributed by atoms with Gasteiger partial charge in [0.15, 0.2) is 0 Å². The fourth-order valence-corrected chi connectivity index (χ4v) is 5.75. The standard InChI is InChI=1S/C15H15Cl2FN2O.C11H8Cl2F2O2.C5H12N2/c1-9-7-10(12(17)8-11(9)16)13-14(18)19-5-3-2-4-6-20(19)15(13)21;1-5-3-6(8(13)4-7(5)12)9(10(14)15)11(16)17-2;1-2-4-6-7-5-3-1/h7-8H,2-6H2,1H3;3-4H,1-2H3;6-7H,1-5H2. The third-order valence-corrected chi connectivity index (χ3v) is 8.69. The Morgan fingerprint density at radius 2 is 1.31 bits per heavy atom. The van der Waals surface area contributed by atoms with Gasteiger partial charge < -0.3 is 4.74 Å². The maximum absolute atomic E-state index is 14.7. The van der Waals surface area contributed by atoms with E-state index in [4.69, 9.17) is 46.4 Å². The number of esters is 1. The molecule has 3 aromatic rings. The fourth-order valence-electron chi connectivity index (χ4n) is 4.80. The van der Waals surface area contributed by atoms with Crippen LogP contribution in [0, 0.1) is 19.8 Å². The third kappa shape index (κ3) is 9.53. The molecule has 2 aliphatic rings. The molecule has 2 N–H and O–H groups in total. The number of nitrogens with one attached hydrogen (secondary N) is 2. The molecule has 0 unspecified atom stereocenters. The Kier molecular flexibility index (Phi) is 14.3. The summed E-state index contributed by atoms with van der Waals surface area (Å²) in [7, 11) is 1.02. The number of aryl methyl sites for hydroxylation is 2. The number of hydrogen-bond donors (Lipinski definition) is 2. The maximum Gasteiger partial charge on any atom is 0.344 e. The van der Waals surface area contributed by atoms with E-state index in [1.54, 1.807) is 26.0 Å². The SMILES string of the molecule is C1CCNNCC1.COC(=O)C(=C(F)F)c1cc(C)c(Cl)cc1Cl.Cc1cc(-c2c(F)n3n(c2=O)CCCCC3)c(Cl)cc1Cl. The smallest absolute Gasteiger partial charge is 0.344 e. The van der Waals surface area contributed by atoms with E-state index in [0.717, 1.165) is 45.0 Å². The molecule has 2 aromatic carbocycles. The van der Waals surface area contributed by atoms with Crippen molar-refractivity contribution in [1.82, 2.24) is 20.2 Å². The molecule has 2 aliphatic heterocycles. The van der Waals surface area contributed by atoms with Crippen LogP contribution in [0.1, 0.15) is 55.2 Å². The second-order valence-electron chi connectivity index (χ2n) is 10.5. The summed E-state index contributed by atoms with van der Waals surface area (Å²) < 4.78 is 47.4. The van der Waals surface area contributed by atoms with E-state index < -0.39 is 23.6 Å². The Bertz CT molecular complexity index is 1580. The van der Waals surface area contributed by atoms with E-state index in [1.165, 1.54) is 40.8 Å². The number of ether oxygens (including phenoxy) is 1. The number of aromatic nitrogens is 2. The van der Waals surface area contributed by atoms with Gasteiger partial charge in [0, 0.05) is 47.4 Å². The minimum absolute atomic E-state index is 0.0335. The van der Waals surface area contributed by atoms with Crippen molar-refractivity contribution in [3.8, 4) is 11.1 Å². The van der Waals surface area contributed by atoms with Gasteiger partial charge in [-0.05, 0) is 81.3 Å². The highest BCUT2D eigenvalue weighted by Crippen LogP contribution is 2.34. The lowest BCUT2D eigenvalue weighted by Gasteiger charge is -2.09. The van der Waals surface area contributed by atoms with Crippen molar-refractivity contribution < 1.29 is 22.7 Å². The monoisotopic (exact) mass is 708 g/mol. The van der Waals surface area contributed by atoms with Gasteiger partial charge in [-0.25, -0.2) is 9.48 Å². The predicted octanol–water partition coefficient (Wildman–Crippen LogP) is 8.60. The van der Waals surface area contributed by atoms with Gasteiger partial charge in [-0.3, -0.25) is 20.3 Å². The Morgan fingerprint density at radius 3 is 1.89 bits per heavy atom. The van der Waals surface area contributed by atoms with Crippen LogP contribution in [0.3, 0.4) is 0 Å². The number of carbonyl (C=O) groups is 1. The minimum atomic E-state index is -2.15. The summed E-state index contributed by atoms with van der Waals surface area (Å²) >= 11 is 23.7. The molecule has 1 aromatic heterocycles. The van der Waals surface area contributed by atoms with Crippen LogP contribution in [-0.4, -0.2) is 35.5 Å². The van der Waals surface area contributed by atoms with Gasteiger partial charge in [0.1, 0.15) is 11.1 Å². The Labute approximate surface area is 280 Å². The molecule has 0 atom stereocenters. The highest BCUT2D eigenvalue weighted by atomic mass is 35.5. The van der Waals surface area contributed by atoms with Crippen LogP contribution in [0.15, 0.2) is 35.1 Å².